The molecule has 1 aromatic rings. The Labute approximate surface area is 164 Å². The second-order valence-electron chi connectivity index (χ2n) is 8.26. The largest absolute Gasteiger partial charge is 0.444 e. The van der Waals surface area contributed by atoms with Crippen molar-refractivity contribution in [2.45, 2.75) is 38.9 Å². The molecule has 0 aromatic heterocycles. The molecule has 6 heteroatoms. The van der Waals surface area contributed by atoms with Gasteiger partial charge in [0.2, 0.25) is 0 Å². The van der Waals surface area contributed by atoms with Gasteiger partial charge in [-0.1, -0.05) is 28.1 Å². The van der Waals surface area contributed by atoms with Crippen molar-refractivity contribution in [2.75, 3.05) is 39.3 Å². The summed E-state index contributed by atoms with van der Waals surface area (Å²) in [5.41, 5.74) is 0.780. The lowest BCUT2D eigenvalue weighted by atomic mass is 10.1. The number of carbonyl (C=O) groups is 1. The van der Waals surface area contributed by atoms with E-state index in [9.17, 15) is 4.79 Å². The van der Waals surface area contributed by atoms with Crippen LogP contribution in [0.25, 0.3) is 0 Å². The lowest BCUT2D eigenvalue weighted by Crippen LogP contribution is -2.42. The Morgan fingerprint density at radius 1 is 1.31 bits per heavy atom. The van der Waals surface area contributed by atoms with Crippen molar-refractivity contribution in [1.82, 2.24) is 9.80 Å². The van der Waals surface area contributed by atoms with Gasteiger partial charge in [-0.2, -0.15) is 0 Å². The van der Waals surface area contributed by atoms with E-state index in [4.69, 9.17) is 9.47 Å². The summed E-state index contributed by atoms with van der Waals surface area (Å²) >= 11 is 3.54. The molecule has 2 atom stereocenters. The van der Waals surface area contributed by atoms with E-state index in [2.05, 4.69) is 39.0 Å². The van der Waals surface area contributed by atoms with Crippen LogP contribution in [0.15, 0.2) is 28.7 Å². The van der Waals surface area contributed by atoms with Crippen molar-refractivity contribution in [1.29, 1.82) is 0 Å². The van der Waals surface area contributed by atoms with E-state index in [1.54, 1.807) is 0 Å². The number of likely N-dealkylation sites (tertiary alicyclic amines) is 1. The van der Waals surface area contributed by atoms with Crippen LogP contribution in [0, 0.1) is 5.92 Å². The van der Waals surface area contributed by atoms with E-state index in [0.29, 0.717) is 5.92 Å². The first-order valence-corrected chi connectivity index (χ1v) is 10.2. The molecule has 144 valence electrons. The van der Waals surface area contributed by atoms with E-state index < -0.39 is 5.60 Å². The highest BCUT2D eigenvalue weighted by molar-refractivity contribution is 9.10. The molecule has 26 heavy (non-hydrogen) atoms. The fraction of sp³-hybridized carbons (Fsp3) is 0.650. The number of morpholine rings is 1. The third-order valence-corrected chi connectivity index (χ3v) is 5.32. The summed E-state index contributed by atoms with van der Waals surface area (Å²) in [6, 6.07) is 8.35. The number of rotatable bonds is 3. The van der Waals surface area contributed by atoms with Gasteiger partial charge in [-0.3, -0.25) is 4.90 Å². The number of ether oxygens (including phenoxy) is 2. The van der Waals surface area contributed by atoms with Crippen LogP contribution in [-0.4, -0.2) is 60.8 Å². The number of nitrogens with zero attached hydrogens (tertiary/aromatic N) is 2. The van der Waals surface area contributed by atoms with Crippen molar-refractivity contribution >= 4 is 22.0 Å². The highest BCUT2D eigenvalue weighted by Crippen LogP contribution is 2.27. The topological polar surface area (TPSA) is 42.0 Å². The lowest BCUT2D eigenvalue weighted by molar-refractivity contribution is -0.0343. The molecule has 0 unspecified atom stereocenters. The molecular formula is C20H29BrN2O3. The Hall–Kier alpha value is -1.11. The van der Waals surface area contributed by atoms with Crippen molar-refractivity contribution in [3.8, 4) is 0 Å². The molecular weight excluding hydrogens is 396 g/mol. The SMILES string of the molecule is CC(C)(C)OC(=O)N1CC[C@@H](CN2CCO[C@@H](c3cccc(Br)c3)C2)C1. The van der Waals surface area contributed by atoms with Gasteiger partial charge in [-0.25, -0.2) is 4.79 Å². The number of hydrogen-bond acceptors (Lipinski definition) is 4. The van der Waals surface area contributed by atoms with Crippen LogP contribution in [0.5, 0.6) is 0 Å². The van der Waals surface area contributed by atoms with Crippen LogP contribution in [0.1, 0.15) is 38.9 Å². The normalized spacial score (nSPS) is 24.7. The molecule has 2 aliphatic heterocycles. The molecule has 1 aromatic carbocycles. The average molecular weight is 425 g/mol. The summed E-state index contributed by atoms with van der Waals surface area (Å²) in [6.07, 6.45) is 0.969. The minimum Gasteiger partial charge on any atom is -0.444 e. The average Bonchev–Trinajstić information content (AvgIpc) is 3.02. The second kappa shape index (κ2) is 8.28. The molecule has 2 heterocycles. The van der Waals surface area contributed by atoms with Crippen LogP contribution in [0.3, 0.4) is 0 Å². The number of benzene rings is 1. The second-order valence-corrected chi connectivity index (χ2v) is 9.17. The molecule has 3 rings (SSSR count). The summed E-state index contributed by atoms with van der Waals surface area (Å²) < 4.78 is 12.6. The Morgan fingerprint density at radius 3 is 2.85 bits per heavy atom. The fourth-order valence-corrected chi connectivity index (χ4v) is 4.03. The van der Waals surface area contributed by atoms with Crippen LogP contribution in [-0.2, 0) is 9.47 Å². The van der Waals surface area contributed by atoms with Crippen LogP contribution < -0.4 is 0 Å². The highest BCUT2D eigenvalue weighted by atomic mass is 79.9. The van der Waals surface area contributed by atoms with E-state index in [0.717, 1.165) is 50.2 Å². The zero-order chi connectivity index (χ0) is 18.7. The Kier molecular flexibility index (Phi) is 6.25. The van der Waals surface area contributed by atoms with Crippen molar-refractivity contribution in [2.24, 2.45) is 5.92 Å². The van der Waals surface area contributed by atoms with Gasteiger partial charge in [-0.05, 0) is 50.8 Å². The predicted molar refractivity (Wildman–Crippen MR) is 105 cm³/mol. The lowest BCUT2D eigenvalue weighted by Gasteiger charge is -2.34. The van der Waals surface area contributed by atoms with Gasteiger partial charge < -0.3 is 14.4 Å². The predicted octanol–water partition coefficient (Wildman–Crippen LogP) is 4.08. The number of hydrogen-bond donors (Lipinski definition) is 0. The van der Waals surface area contributed by atoms with E-state index in [-0.39, 0.29) is 12.2 Å². The van der Waals surface area contributed by atoms with E-state index in [1.165, 1.54) is 5.56 Å². The van der Waals surface area contributed by atoms with Crippen molar-refractivity contribution in [3.05, 3.63) is 34.3 Å². The Morgan fingerprint density at radius 2 is 2.12 bits per heavy atom. The van der Waals surface area contributed by atoms with Gasteiger partial charge in [0.25, 0.3) is 0 Å². The molecule has 0 spiro atoms. The minimum atomic E-state index is -0.434. The van der Waals surface area contributed by atoms with Gasteiger partial charge in [0.05, 0.1) is 12.7 Å². The molecule has 2 fully saturated rings. The zero-order valence-electron chi connectivity index (χ0n) is 15.9. The molecule has 5 nitrogen and oxygen atoms in total. The van der Waals surface area contributed by atoms with Gasteiger partial charge in [0.1, 0.15) is 5.60 Å². The van der Waals surface area contributed by atoms with Crippen LogP contribution in [0.2, 0.25) is 0 Å². The summed E-state index contributed by atoms with van der Waals surface area (Å²) in [5.74, 6) is 0.503. The zero-order valence-corrected chi connectivity index (χ0v) is 17.5. The first kappa shape index (κ1) is 19.6. The Bertz CT molecular complexity index is 632. The van der Waals surface area contributed by atoms with Crippen molar-refractivity contribution in [3.63, 3.8) is 0 Å². The highest BCUT2D eigenvalue weighted by Gasteiger charge is 2.32. The third-order valence-electron chi connectivity index (χ3n) is 4.82. The van der Waals surface area contributed by atoms with Gasteiger partial charge in [-0.15, -0.1) is 0 Å². The smallest absolute Gasteiger partial charge is 0.410 e. The maximum absolute atomic E-state index is 12.2. The summed E-state index contributed by atoms with van der Waals surface area (Å²) in [6.45, 7) is 10.9. The number of amides is 1. The quantitative estimate of drug-likeness (QED) is 0.732. The van der Waals surface area contributed by atoms with E-state index in [1.807, 2.05) is 31.7 Å². The fourth-order valence-electron chi connectivity index (χ4n) is 3.62. The monoisotopic (exact) mass is 424 g/mol. The van der Waals surface area contributed by atoms with Crippen LogP contribution >= 0.6 is 15.9 Å². The summed E-state index contributed by atoms with van der Waals surface area (Å²) in [4.78, 5) is 16.6. The van der Waals surface area contributed by atoms with Gasteiger partial charge >= 0.3 is 6.09 Å². The van der Waals surface area contributed by atoms with Crippen molar-refractivity contribution < 1.29 is 14.3 Å². The molecule has 0 saturated carbocycles. The van der Waals surface area contributed by atoms with E-state index >= 15 is 0 Å². The molecule has 0 aliphatic carbocycles. The molecule has 0 N–H and O–H groups in total. The number of carbonyl (C=O) groups excluding carboxylic acids is 1. The standard InChI is InChI=1S/C20H29BrN2O3/c1-20(2,3)26-19(24)23-8-7-15(13-23)12-22-9-10-25-18(14-22)16-5-4-6-17(21)11-16/h4-6,11,15,18H,7-10,12-14H2,1-3H3/t15-,18+/m0/s1. The summed E-state index contributed by atoms with van der Waals surface area (Å²) in [5, 5.41) is 0. The van der Waals surface area contributed by atoms with Gasteiger partial charge in [0.15, 0.2) is 0 Å². The molecule has 0 bridgehead atoms. The first-order chi connectivity index (χ1) is 12.3. The third kappa shape index (κ3) is 5.44. The molecule has 0 radical (unpaired) electrons. The maximum Gasteiger partial charge on any atom is 0.410 e. The van der Waals surface area contributed by atoms with Gasteiger partial charge in [0, 0.05) is 37.2 Å². The Balaban J connectivity index is 1.51. The minimum absolute atomic E-state index is 0.115. The van der Waals surface area contributed by atoms with Crippen LogP contribution in [0.4, 0.5) is 4.79 Å². The molecule has 2 saturated heterocycles. The summed E-state index contributed by atoms with van der Waals surface area (Å²) in [7, 11) is 0. The molecule has 2 aliphatic rings. The number of halogens is 1. The molecule has 1 amide bonds. The first-order valence-electron chi connectivity index (χ1n) is 9.37. The maximum atomic E-state index is 12.2.